The number of likely N-dealkylation sites (N-methyl/N-ethyl adjacent to an activating group) is 1. The van der Waals surface area contributed by atoms with Crippen molar-refractivity contribution in [1.29, 1.82) is 0 Å². The molecule has 0 saturated carbocycles. The van der Waals surface area contributed by atoms with Gasteiger partial charge in [-0.3, -0.25) is 9.11 Å². The van der Waals surface area contributed by atoms with E-state index < -0.39 is 10.4 Å². The summed E-state index contributed by atoms with van der Waals surface area (Å²) in [5, 5.41) is 0. The van der Waals surface area contributed by atoms with Crippen molar-refractivity contribution in [3.8, 4) is 0 Å². The second-order valence-electron chi connectivity index (χ2n) is 3.44. The smallest absolute Gasteiger partial charge is 0.370 e. The van der Waals surface area contributed by atoms with Crippen LogP contribution >= 0.6 is 0 Å². The van der Waals surface area contributed by atoms with Gasteiger partial charge in [0.05, 0.1) is 27.3 Å². The van der Waals surface area contributed by atoms with Gasteiger partial charge in [0.2, 0.25) is 0 Å². The molecule has 0 aliphatic carbocycles. The zero-order valence-corrected chi connectivity index (χ0v) is 8.62. The van der Waals surface area contributed by atoms with Crippen LogP contribution in [-0.2, 0) is 15.1 Å². The first-order valence-electron chi connectivity index (χ1n) is 3.80. The van der Waals surface area contributed by atoms with Crippen molar-refractivity contribution in [2.75, 3.05) is 40.4 Å². The highest BCUT2D eigenvalue weighted by molar-refractivity contribution is 7.79. The summed E-state index contributed by atoms with van der Waals surface area (Å²) in [6.45, 7) is 4.21. The van der Waals surface area contributed by atoms with Gasteiger partial charge >= 0.3 is 10.4 Å². The largest absolute Gasteiger partial charge is 0.394 e. The molecule has 0 spiro atoms. The van der Waals surface area contributed by atoms with E-state index in [1.165, 1.54) is 13.1 Å². The summed E-state index contributed by atoms with van der Waals surface area (Å²) in [5.74, 6) is 0. The van der Waals surface area contributed by atoms with Crippen molar-refractivity contribution in [1.82, 2.24) is 0 Å². The fourth-order valence-electron chi connectivity index (χ4n) is 0.837. The number of morpholine rings is 1. The first-order valence-corrected chi connectivity index (χ1v) is 5.20. The molecule has 0 bridgehead atoms. The molecule has 0 radical (unpaired) electrons. The van der Waals surface area contributed by atoms with Crippen LogP contribution < -0.4 is 0 Å². The maximum Gasteiger partial charge on any atom is 0.394 e. The molecule has 1 aliphatic heterocycles. The lowest BCUT2D eigenvalue weighted by Gasteiger charge is -2.33. The first-order chi connectivity index (χ1) is 5.71. The Balaban J connectivity index is 0.000000252. The molecule has 2 N–H and O–H groups in total. The minimum Gasteiger partial charge on any atom is -0.370 e. The molecule has 1 rings (SSSR count). The topological polar surface area (TPSA) is 83.8 Å². The van der Waals surface area contributed by atoms with Crippen LogP contribution in [0.3, 0.4) is 0 Å². The lowest BCUT2D eigenvalue weighted by Crippen LogP contribution is -2.48. The van der Waals surface area contributed by atoms with Gasteiger partial charge < -0.3 is 9.22 Å². The van der Waals surface area contributed by atoms with Crippen LogP contribution in [0.1, 0.15) is 0 Å². The predicted octanol–water partition coefficient (Wildman–Crippen LogP) is -0.560. The number of hydrogen-bond acceptors (Lipinski definition) is 3. The first kappa shape index (κ1) is 12.8. The van der Waals surface area contributed by atoms with E-state index in [-0.39, 0.29) is 0 Å². The average Bonchev–Trinajstić information content (AvgIpc) is 1.82. The summed E-state index contributed by atoms with van der Waals surface area (Å²) >= 11 is 0. The van der Waals surface area contributed by atoms with Crippen molar-refractivity contribution in [3.05, 3.63) is 0 Å². The minimum absolute atomic E-state index is 0.938. The summed E-state index contributed by atoms with van der Waals surface area (Å²) in [5.41, 5.74) is 0. The molecule has 0 aromatic carbocycles. The zero-order valence-electron chi connectivity index (χ0n) is 7.80. The molecule has 0 aromatic rings. The molecular weight excluding hydrogens is 198 g/mol. The Labute approximate surface area is 78.3 Å². The monoisotopic (exact) mass is 214 g/mol. The third-order valence-corrected chi connectivity index (χ3v) is 1.68. The third-order valence-electron chi connectivity index (χ3n) is 1.68. The summed E-state index contributed by atoms with van der Waals surface area (Å²) in [7, 11) is -0.189. The second kappa shape index (κ2) is 4.87. The van der Waals surface area contributed by atoms with E-state index in [1.807, 2.05) is 0 Å². The van der Waals surface area contributed by atoms with Gasteiger partial charge in [0.15, 0.2) is 0 Å². The highest BCUT2D eigenvalue weighted by Gasteiger charge is 2.18. The van der Waals surface area contributed by atoms with Crippen molar-refractivity contribution in [3.63, 3.8) is 0 Å². The maximum absolute atomic E-state index is 8.74. The fraction of sp³-hybridized carbons (Fsp3) is 1.00. The van der Waals surface area contributed by atoms with E-state index in [1.54, 1.807) is 0 Å². The van der Waals surface area contributed by atoms with Gasteiger partial charge in [0.1, 0.15) is 13.1 Å². The summed E-state index contributed by atoms with van der Waals surface area (Å²) in [6, 6.07) is 0. The van der Waals surface area contributed by atoms with Crippen LogP contribution in [0, 0.1) is 0 Å². The van der Waals surface area contributed by atoms with E-state index in [2.05, 4.69) is 14.1 Å². The Morgan fingerprint density at radius 1 is 1.15 bits per heavy atom. The zero-order chi connectivity index (χ0) is 10.5. The Hall–Kier alpha value is -0.210. The maximum atomic E-state index is 8.74. The van der Waals surface area contributed by atoms with E-state index in [9.17, 15) is 0 Å². The molecule has 0 unspecified atom stereocenters. The SMILES string of the molecule is C[N+]1(C)CCOCC1.O=S(=O)(O)O. The molecular formula is C6H16NO5S+. The third kappa shape index (κ3) is 11.8. The quantitative estimate of drug-likeness (QED) is 0.417. The van der Waals surface area contributed by atoms with E-state index in [0.717, 1.165) is 17.7 Å². The van der Waals surface area contributed by atoms with Crippen molar-refractivity contribution in [2.45, 2.75) is 0 Å². The average molecular weight is 214 g/mol. The molecule has 0 atom stereocenters. The van der Waals surface area contributed by atoms with Gasteiger partial charge in [-0.15, -0.1) is 0 Å². The second-order valence-corrected chi connectivity index (χ2v) is 4.34. The lowest BCUT2D eigenvalue weighted by atomic mass is 10.4. The standard InChI is InChI=1S/C6H14NO.H2O4S/c1-7(2)3-5-8-6-4-7;1-5(2,3)4/h3-6H2,1-2H3;(H2,1,2,3,4)/q+1;. The van der Waals surface area contributed by atoms with Gasteiger partial charge in [-0.1, -0.05) is 0 Å². The van der Waals surface area contributed by atoms with Gasteiger partial charge in [-0.05, 0) is 0 Å². The normalized spacial score (nSPS) is 21.5. The van der Waals surface area contributed by atoms with Crippen LogP contribution in [0.2, 0.25) is 0 Å². The number of quaternary nitrogens is 1. The van der Waals surface area contributed by atoms with E-state index in [4.69, 9.17) is 22.3 Å². The summed E-state index contributed by atoms with van der Waals surface area (Å²) in [4.78, 5) is 0. The Kier molecular flexibility index (Phi) is 4.79. The number of hydrogen-bond donors (Lipinski definition) is 2. The minimum atomic E-state index is -4.67. The number of ether oxygens (including phenoxy) is 1. The van der Waals surface area contributed by atoms with Crippen LogP contribution in [0.4, 0.5) is 0 Å². The Bertz CT molecular complexity index is 219. The molecule has 1 fully saturated rings. The van der Waals surface area contributed by atoms with Crippen LogP contribution in [-0.4, -0.2) is 62.4 Å². The highest BCUT2D eigenvalue weighted by atomic mass is 32.3. The molecule has 1 saturated heterocycles. The number of rotatable bonds is 0. The van der Waals surface area contributed by atoms with Gasteiger partial charge in [-0.2, -0.15) is 8.42 Å². The molecule has 1 aliphatic rings. The van der Waals surface area contributed by atoms with Crippen molar-refractivity contribution < 1.29 is 26.7 Å². The highest BCUT2D eigenvalue weighted by Crippen LogP contribution is 2.00. The molecule has 7 heteroatoms. The van der Waals surface area contributed by atoms with Crippen LogP contribution in [0.5, 0.6) is 0 Å². The van der Waals surface area contributed by atoms with Crippen molar-refractivity contribution in [2.24, 2.45) is 0 Å². The lowest BCUT2D eigenvalue weighted by molar-refractivity contribution is -0.898. The Morgan fingerprint density at radius 2 is 1.46 bits per heavy atom. The fourth-order valence-corrected chi connectivity index (χ4v) is 0.837. The predicted molar refractivity (Wildman–Crippen MR) is 46.8 cm³/mol. The van der Waals surface area contributed by atoms with Gasteiger partial charge in [0.25, 0.3) is 0 Å². The van der Waals surface area contributed by atoms with E-state index >= 15 is 0 Å². The summed E-state index contributed by atoms with van der Waals surface area (Å²) < 4.78 is 37.9. The Morgan fingerprint density at radius 3 is 1.62 bits per heavy atom. The molecule has 1 heterocycles. The van der Waals surface area contributed by atoms with Crippen LogP contribution in [0.25, 0.3) is 0 Å². The molecule has 80 valence electrons. The molecule has 6 nitrogen and oxygen atoms in total. The molecule has 0 aromatic heterocycles. The van der Waals surface area contributed by atoms with Gasteiger partial charge in [-0.25, -0.2) is 0 Å². The van der Waals surface area contributed by atoms with Crippen molar-refractivity contribution >= 4 is 10.4 Å². The van der Waals surface area contributed by atoms with E-state index in [0.29, 0.717) is 0 Å². The summed E-state index contributed by atoms with van der Waals surface area (Å²) in [6.07, 6.45) is 0. The molecule has 0 amide bonds. The number of nitrogens with zero attached hydrogens (tertiary/aromatic N) is 1. The van der Waals surface area contributed by atoms with Crippen LogP contribution in [0.15, 0.2) is 0 Å². The molecule has 13 heavy (non-hydrogen) atoms. The van der Waals surface area contributed by atoms with Gasteiger partial charge in [0, 0.05) is 0 Å².